The molecule has 2 aromatic rings. The van der Waals surface area contributed by atoms with Crippen molar-refractivity contribution in [3.8, 4) is 0 Å². The molecular weight excluding hydrogens is 557 g/mol. The molecule has 204 valence electrons. The Morgan fingerprint density at radius 2 is 0.703 bits per heavy atom. The molecule has 0 unspecified atom stereocenters. The van der Waals surface area contributed by atoms with Crippen LogP contribution in [0.4, 0.5) is 0 Å². The van der Waals surface area contributed by atoms with Gasteiger partial charge in [0.05, 0.1) is 0 Å². The standard InChI is InChI=1S/C30H56Si7/c1-31(2,3)36(32(4,5)6,37(33(7,8)9,34(10,11)12)35(13,14)15)30-28-22-18-16-20-26(28)24-25-27-21-17-19-23-29(27)30/h16-25,30H,1-15H3. The molecule has 0 radical (unpaired) electrons. The fraction of sp³-hybridized carbons (Fsp3) is 0.533. The highest BCUT2D eigenvalue weighted by molar-refractivity contribution is 8.20. The molecule has 0 atom stereocenters. The first-order valence-corrected chi connectivity index (χ1v) is 42.0. The molecule has 0 aromatic heterocycles. The summed E-state index contributed by atoms with van der Waals surface area (Å²) in [6.45, 7) is 41.2. The zero-order valence-corrected chi connectivity index (χ0v) is 33.9. The van der Waals surface area contributed by atoms with Gasteiger partial charge in [0.1, 0.15) is 0 Å². The third-order valence-corrected chi connectivity index (χ3v) is 183. The second-order valence-electron chi connectivity index (χ2n) is 16.8. The molecule has 0 heterocycles. The van der Waals surface area contributed by atoms with Crippen molar-refractivity contribution in [3.05, 3.63) is 70.8 Å². The Balaban J connectivity index is 2.82. The van der Waals surface area contributed by atoms with E-state index in [2.05, 4.69) is 159 Å². The zero-order chi connectivity index (χ0) is 28.5. The van der Waals surface area contributed by atoms with Crippen LogP contribution in [-0.2, 0) is 0 Å². The average molecular weight is 613 g/mol. The van der Waals surface area contributed by atoms with E-state index in [-0.39, 0.29) is 0 Å². The summed E-state index contributed by atoms with van der Waals surface area (Å²) in [4.78, 5) is 0. The monoisotopic (exact) mass is 612 g/mol. The van der Waals surface area contributed by atoms with Crippen LogP contribution in [0.25, 0.3) is 12.2 Å². The molecule has 0 nitrogen and oxygen atoms in total. The van der Waals surface area contributed by atoms with Crippen molar-refractivity contribution in [3.63, 3.8) is 0 Å². The summed E-state index contributed by atoms with van der Waals surface area (Å²) < 4.78 is 0. The maximum absolute atomic E-state index is 2.88. The van der Waals surface area contributed by atoms with Crippen LogP contribution in [0.5, 0.6) is 0 Å². The minimum absolute atomic E-state index is 0.644. The first kappa shape index (κ1) is 31.2. The van der Waals surface area contributed by atoms with Crippen molar-refractivity contribution in [2.24, 2.45) is 0 Å². The van der Waals surface area contributed by atoms with Crippen LogP contribution in [0.15, 0.2) is 48.5 Å². The maximum Gasteiger partial charge on any atom is 0.0449 e. The van der Waals surface area contributed by atoms with E-state index in [1.807, 2.05) is 0 Å². The second kappa shape index (κ2) is 9.66. The summed E-state index contributed by atoms with van der Waals surface area (Å²) in [5.41, 5.74) is 7.05. The number of fused-ring (bicyclic) bond motifs is 2. The van der Waals surface area contributed by atoms with E-state index in [0.717, 1.165) is 0 Å². The van der Waals surface area contributed by atoms with Gasteiger partial charge in [-0.15, -0.1) is 0 Å². The topological polar surface area (TPSA) is 0 Å². The SMILES string of the molecule is C[Si](C)(C)[Si](C1c2ccccc2C=Cc2ccccc21)([Si](C)(C)C)[Si]([Si](C)(C)C)([Si](C)(C)C)[Si](C)(C)C. The Morgan fingerprint density at radius 3 is 0.973 bits per heavy atom. The van der Waals surface area contributed by atoms with Crippen LogP contribution >= 0.6 is 0 Å². The normalized spacial score (nSPS) is 16.3. The summed E-state index contributed by atoms with van der Waals surface area (Å²) in [6.07, 6.45) is 3.18. The van der Waals surface area contributed by atoms with Crippen molar-refractivity contribution in [1.29, 1.82) is 0 Å². The lowest BCUT2D eigenvalue weighted by atomic mass is 9.99. The Hall–Kier alpha value is -0.302. The van der Waals surface area contributed by atoms with E-state index in [4.69, 9.17) is 0 Å². The Labute approximate surface area is 236 Å². The third-order valence-electron chi connectivity index (χ3n) is 9.82. The van der Waals surface area contributed by atoms with Gasteiger partial charge in [0, 0.05) is 50.7 Å². The molecule has 0 aliphatic heterocycles. The molecule has 0 saturated heterocycles. The molecule has 1 aliphatic rings. The van der Waals surface area contributed by atoms with E-state index in [1.165, 1.54) is 11.1 Å². The van der Waals surface area contributed by atoms with Gasteiger partial charge in [-0.1, -0.05) is 159 Å². The maximum atomic E-state index is 2.88. The predicted octanol–water partition coefficient (Wildman–Crippen LogP) is 9.90. The first-order chi connectivity index (χ1) is 16.6. The average Bonchev–Trinajstić information content (AvgIpc) is 2.84. The summed E-state index contributed by atoms with van der Waals surface area (Å²) in [6, 6.07) is 19.3. The van der Waals surface area contributed by atoms with Gasteiger partial charge in [0.2, 0.25) is 0 Å². The van der Waals surface area contributed by atoms with Gasteiger partial charge >= 0.3 is 0 Å². The van der Waals surface area contributed by atoms with Crippen molar-refractivity contribution < 1.29 is 0 Å². The van der Waals surface area contributed by atoms with E-state index in [0.29, 0.717) is 5.54 Å². The Morgan fingerprint density at radius 1 is 0.405 bits per heavy atom. The third kappa shape index (κ3) is 4.52. The largest absolute Gasteiger partial charge is 0.0721 e. The first-order valence-electron chi connectivity index (χ1n) is 14.4. The van der Waals surface area contributed by atoms with Gasteiger partial charge in [0.15, 0.2) is 0 Å². The summed E-state index contributed by atoms with van der Waals surface area (Å²) in [7, 11) is -7.89. The Bertz CT molecular complexity index is 1060. The van der Waals surface area contributed by atoms with Gasteiger partial charge in [-0.3, -0.25) is 0 Å². The Kier molecular flexibility index (Phi) is 8.15. The molecule has 0 amide bonds. The predicted molar refractivity (Wildman–Crippen MR) is 192 cm³/mol. The second-order valence-corrected chi connectivity index (χ2v) is 95.1. The molecule has 0 N–H and O–H groups in total. The van der Waals surface area contributed by atoms with Gasteiger partial charge in [-0.05, 0) is 27.8 Å². The highest BCUT2D eigenvalue weighted by atomic mass is 30.3. The van der Waals surface area contributed by atoms with Crippen LogP contribution < -0.4 is 0 Å². The van der Waals surface area contributed by atoms with Gasteiger partial charge in [0.25, 0.3) is 0 Å². The van der Waals surface area contributed by atoms with E-state index < -0.39 is 50.7 Å². The van der Waals surface area contributed by atoms with Crippen LogP contribution in [0.3, 0.4) is 0 Å². The zero-order valence-electron chi connectivity index (χ0n) is 26.9. The molecular formula is C30H56Si7. The molecule has 37 heavy (non-hydrogen) atoms. The number of rotatable bonds is 7. The minimum atomic E-state index is -1.96. The fourth-order valence-corrected chi connectivity index (χ4v) is 342. The molecule has 7 heteroatoms. The molecule has 1 aliphatic carbocycles. The molecule has 0 saturated carbocycles. The van der Waals surface area contributed by atoms with Crippen molar-refractivity contribution >= 4 is 62.9 Å². The smallest absolute Gasteiger partial charge is 0.0449 e. The summed E-state index contributed by atoms with van der Waals surface area (Å²) >= 11 is 0. The van der Waals surface area contributed by atoms with E-state index in [9.17, 15) is 0 Å². The lowest BCUT2D eigenvalue weighted by molar-refractivity contribution is 1.11. The van der Waals surface area contributed by atoms with Gasteiger partial charge < -0.3 is 0 Å². The molecule has 3 rings (SSSR count). The van der Waals surface area contributed by atoms with Crippen LogP contribution in [0.2, 0.25) is 98.2 Å². The lowest BCUT2D eigenvalue weighted by Crippen LogP contribution is -3.03. The van der Waals surface area contributed by atoms with Crippen molar-refractivity contribution in [2.45, 2.75) is 104 Å². The summed E-state index contributed by atoms with van der Waals surface area (Å²) in [5, 5.41) is 0. The highest BCUT2D eigenvalue weighted by Gasteiger charge is 2.79. The van der Waals surface area contributed by atoms with Gasteiger partial charge in [-0.25, -0.2) is 0 Å². The molecule has 0 spiro atoms. The molecule has 0 bridgehead atoms. The molecule has 2 aromatic carbocycles. The number of hydrogen-bond donors (Lipinski definition) is 0. The van der Waals surface area contributed by atoms with Crippen molar-refractivity contribution in [2.75, 3.05) is 0 Å². The van der Waals surface area contributed by atoms with Crippen LogP contribution in [0, 0.1) is 0 Å². The molecule has 0 fully saturated rings. The van der Waals surface area contributed by atoms with Gasteiger partial charge in [-0.2, -0.15) is 0 Å². The van der Waals surface area contributed by atoms with Crippen molar-refractivity contribution in [1.82, 2.24) is 0 Å². The number of benzene rings is 2. The lowest BCUT2D eigenvalue weighted by Gasteiger charge is -2.75. The van der Waals surface area contributed by atoms with Crippen LogP contribution in [-0.4, -0.2) is 50.7 Å². The quantitative estimate of drug-likeness (QED) is 0.273. The minimum Gasteiger partial charge on any atom is -0.0721 e. The number of hydrogen-bond acceptors (Lipinski definition) is 0. The fourth-order valence-electron chi connectivity index (χ4n) is 11.1. The van der Waals surface area contributed by atoms with Crippen LogP contribution in [0.1, 0.15) is 27.8 Å². The summed E-state index contributed by atoms with van der Waals surface area (Å²) in [5.74, 6) is 0. The van der Waals surface area contributed by atoms with E-state index in [1.54, 1.807) is 11.1 Å². The van der Waals surface area contributed by atoms with E-state index >= 15 is 0 Å². The highest BCUT2D eigenvalue weighted by Crippen LogP contribution is 2.58.